The number of hydrogen-bond acceptors (Lipinski definition) is 11. The van der Waals surface area contributed by atoms with Crippen LogP contribution in [0.1, 0.15) is 34.7 Å². The quantitative estimate of drug-likeness (QED) is 0.325. The number of hydrogen-bond donors (Lipinski definition) is 1. The van der Waals surface area contributed by atoms with Gasteiger partial charge in [-0.15, -0.1) is 0 Å². The largest absolute Gasteiger partial charge is 0.519 e. The molecule has 36 heavy (non-hydrogen) atoms. The summed E-state index contributed by atoms with van der Waals surface area (Å²) < 4.78 is 25.3. The molecule has 1 aliphatic heterocycles. The third kappa shape index (κ3) is 9.17. The lowest BCUT2D eigenvalue weighted by atomic mass is 10.2. The van der Waals surface area contributed by atoms with Gasteiger partial charge in [-0.2, -0.15) is 0 Å². The molecule has 196 valence electrons. The van der Waals surface area contributed by atoms with Crippen LogP contribution in [0.4, 0.5) is 4.79 Å². The van der Waals surface area contributed by atoms with Crippen LogP contribution in [-0.4, -0.2) is 73.3 Å². The predicted octanol–water partition coefficient (Wildman–Crippen LogP) is 2.37. The number of nitrogens with zero attached hydrogens (tertiary/aromatic N) is 1. The minimum atomic E-state index is -1.07. The Morgan fingerprint density at radius 2 is 1.83 bits per heavy atom. The highest BCUT2D eigenvalue weighted by molar-refractivity contribution is 8.13. The Morgan fingerprint density at radius 3 is 2.53 bits per heavy atom. The van der Waals surface area contributed by atoms with E-state index in [-0.39, 0.29) is 30.5 Å². The highest BCUT2D eigenvalue weighted by Gasteiger charge is 2.25. The molecule has 11 nitrogen and oxygen atoms in total. The van der Waals surface area contributed by atoms with E-state index in [1.165, 1.54) is 6.92 Å². The number of nitrogens with one attached hydrogen (secondary N) is 1. The molecule has 0 aliphatic carbocycles. The summed E-state index contributed by atoms with van der Waals surface area (Å²) in [5.41, 5.74) is 0.374. The fraction of sp³-hybridized carbons (Fsp3) is 0.500. The van der Waals surface area contributed by atoms with Crippen LogP contribution in [0, 0.1) is 6.92 Å². The number of thioether (sulfide) groups is 1. The van der Waals surface area contributed by atoms with Gasteiger partial charge >= 0.3 is 17.1 Å². The summed E-state index contributed by atoms with van der Waals surface area (Å²) in [5.74, 6) is -1.78. The molecule has 2 heterocycles. The van der Waals surface area contributed by atoms with Crippen LogP contribution in [0.5, 0.6) is 0 Å². The van der Waals surface area contributed by atoms with Gasteiger partial charge in [-0.25, -0.2) is 14.4 Å². The third-order valence-corrected chi connectivity index (χ3v) is 6.22. The van der Waals surface area contributed by atoms with Gasteiger partial charge in [0.25, 0.3) is 5.91 Å². The van der Waals surface area contributed by atoms with Gasteiger partial charge in [0, 0.05) is 24.4 Å². The van der Waals surface area contributed by atoms with Gasteiger partial charge < -0.3 is 28.4 Å². The number of unbranched alkanes of at least 4 members (excludes halogenated alkanes) is 1. The van der Waals surface area contributed by atoms with E-state index in [0.717, 1.165) is 39.3 Å². The average Bonchev–Trinajstić information content (AvgIpc) is 3.22. The number of carbonyl (C=O) groups excluding carboxylic acids is 3. The maximum Gasteiger partial charge on any atom is 0.519 e. The molecule has 1 amide bonds. The lowest BCUT2D eigenvalue weighted by molar-refractivity contribution is -0.145. The second-order valence-corrected chi connectivity index (χ2v) is 8.96. The minimum absolute atomic E-state index is 0.0966. The van der Waals surface area contributed by atoms with Crippen LogP contribution >= 0.6 is 11.8 Å². The molecule has 1 N–H and O–H groups in total. The van der Waals surface area contributed by atoms with Gasteiger partial charge in [0.05, 0.1) is 19.8 Å². The van der Waals surface area contributed by atoms with E-state index in [1.807, 2.05) is 0 Å². The Balaban J connectivity index is 1.47. The maximum atomic E-state index is 12.7. The van der Waals surface area contributed by atoms with Crippen molar-refractivity contribution in [2.24, 2.45) is 0 Å². The Morgan fingerprint density at radius 1 is 1.08 bits per heavy atom. The minimum Gasteiger partial charge on any atom is -0.464 e. The Labute approximate surface area is 212 Å². The normalized spacial score (nSPS) is 14.7. The molecule has 0 saturated carbocycles. The van der Waals surface area contributed by atoms with E-state index in [4.69, 9.17) is 23.0 Å². The molecule has 0 radical (unpaired) electrons. The van der Waals surface area contributed by atoms with E-state index in [9.17, 15) is 19.2 Å². The molecule has 2 aromatic rings. The second-order valence-electron chi connectivity index (χ2n) is 8.00. The fourth-order valence-electron chi connectivity index (χ4n) is 3.36. The molecule has 1 atom stereocenters. The zero-order valence-electron chi connectivity index (χ0n) is 20.1. The van der Waals surface area contributed by atoms with Crippen molar-refractivity contribution in [3.63, 3.8) is 0 Å². The maximum absolute atomic E-state index is 12.7. The smallest absolute Gasteiger partial charge is 0.464 e. The molecule has 0 bridgehead atoms. The monoisotopic (exact) mass is 522 g/mol. The van der Waals surface area contributed by atoms with Gasteiger partial charge in [0.15, 0.2) is 18.1 Å². The first-order valence-corrected chi connectivity index (χ1v) is 12.6. The van der Waals surface area contributed by atoms with E-state index in [1.54, 1.807) is 30.3 Å². The average molecular weight is 523 g/mol. The number of ether oxygens (including phenoxy) is 3. The van der Waals surface area contributed by atoms with Gasteiger partial charge in [0.1, 0.15) is 6.04 Å². The van der Waals surface area contributed by atoms with Gasteiger partial charge in [-0.05, 0) is 50.2 Å². The molecule has 1 fully saturated rings. The molecule has 1 saturated heterocycles. The lowest BCUT2D eigenvalue weighted by Gasteiger charge is -2.26. The number of carbonyl (C=O) groups is 3. The summed E-state index contributed by atoms with van der Waals surface area (Å²) in [6, 6.07) is 7.35. The summed E-state index contributed by atoms with van der Waals surface area (Å²) in [4.78, 5) is 50.9. The lowest BCUT2D eigenvalue weighted by Crippen LogP contribution is -2.44. The number of amides is 1. The summed E-state index contributed by atoms with van der Waals surface area (Å²) in [6.45, 7) is 5.56. The summed E-state index contributed by atoms with van der Waals surface area (Å²) in [7, 11) is 0. The van der Waals surface area contributed by atoms with E-state index in [2.05, 4.69) is 10.2 Å². The molecule has 1 aromatic heterocycles. The Hall–Kier alpha value is -3.09. The van der Waals surface area contributed by atoms with Gasteiger partial charge in [-0.1, -0.05) is 18.2 Å². The van der Waals surface area contributed by atoms with Crippen molar-refractivity contribution in [1.29, 1.82) is 0 Å². The van der Waals surface area contributed by atoms with E-state index in [0.29, 0.717) is 23.7 Å². The summed E-state index contributed by atoms with van der Waals surface area (Å²) >= 11 is 0.699. The van der Waals surface area contributed by atoms with Crippen LogP contribution in [-0.2, 0) is 25.6 Å². The number of morpholine rings is 1. The number of rotatable bonds is 12. The molecule has 3 rings (SSSR count). The van der Waals surface area contributed by atoms with Crippen molar-refractivity contribution in [3.8, 4) is 0 Å². The highest BCUT2D eigenvalue weighted by atomic mass is 32.2. The van der Waals surface area contributed by atoms with Crippen LogP contribution in [0.15, 0.2) is 44.0 Å². The Bertz CT molecular complexity index is 1050. The highest BCUT2D eigenvalue weighted by Crippen LogP contribution is 2.14. The molecule has 12 heteroatoms. The second kappa shape index (κ2) is 14.5. The van der Waals surface area contributed by atoms with Crippen molar-refractivity contribution >= 4 is 28.9 Å². The van der Waals surface area contributed by atoms with Gasteiger partial charge in [-0.3, -0.25) is 9.69 Å². The van der Waals surface area contributed by atoms with Crippen molar-refractivity contribution in [1.82, 2.24) is 10.2 Å². The van der Waals surface area contributed by atoms with Crippen molar-refractivity contribution in [2.45, 2.75) is 32.4 Å². The standard InChI is InChI=1S/C24H30N2O9S/c1-17-20(35-23(29)34-17)15-33-24(30)36-16-19(25-21(27)18-7-3-2-4-8-18)22(28)32-12-6-5-9-26-10-13-31-14-11-26/h2-4,7-8,19H,5-6,9-16H2,1H3,(H,25,27)/t19-/m0/s1. The van der Waals surface area contributed by atoms with Crippen LogP contribution in [0.2, 0.25) is 0 Å². The first-order valence-electron chi connectivity index (χ1n) is 11.6. The van der Waals surface area contributed by atoms with Crippen molar-refractivity contribution in [2.75, 3.05) is 45.2 Å². The van der Waals surface area contributed by atoms with Crippen molar-refractivity contribution < 1.29 is 37.4 Å². The summed E-state index contributed by atoms with van der Waals surface area (Å²) in [5, 5.41) is 1.92. The topological polar surface area (TPSA) is 138 Å². The van der Waals surface area contributed by atoms with Gasteiger partial charge in [0.2, 0.25) is 0 Å². The molecule has 1 aliphatic rings. The fourth-order valence-corrected chi connectivity index (χ4v) is 4.02. The third-order valence-electron chi connectivity index (χ3n) is 5.37. The molecular weight excluding hydrogens is 492 g/mol. The predicted molar refractivity (Wildman–Crippen MR) is 130 cm³/mol. The molecule has 1 aromatic carbocycles. The molecule has 0 unspecified atom stereocenters. The molecule has 0 spiro atoms. The first-order chi connectivity index (χ1) is 17.4. The zero-order chi connectivity index (χ0) is 25.8. The van der Waals surface area contributed by atoms with Crippen LogP contribution in [0.3, 0.4) is 0 Å². The molecular formula is C24H30N2O9S. The summed E-state index contributed by atoms with van der Waals surface area (Å²) in [6.07, 6.45) is 1.53. The SMILES string of the molecule is Cc1oc(=O)oc1COC(=O)SC[C@H](NC(=O)c1ccccc1)C(=O)OCCCCN1CCOCC1. The van der Waals surface area contributed by atoms with Crippen molar-refractivity contribution in [3.05, 3.63) is 58.0 Å². The van der Waals surface area contributed by atoms with Crippen LogP contribution < -0.4 is 11.1 Å². The van der Waals surface area contributed by atoms with Crippen LogP contribution in [0.25, 0.3) is 0 Å². The first kappa shape index (κ1) is 27.5. The number of benzene rings is 1. The van der Waals surface area contributed by atoms with E-state index < -0.39 is 29.0 Å². The Kier molecular flexibility index (Phi) is 11.0. The number of esters is 1. The van der Waals surface area contributed by atoms with E-state index >= 15 is 0 Å². The number of aryl methyl sites for hydroxylation is 1. The zero-order valence-corrected chi connectivity index (χ0v) is 20.9.